The lowest BCUT2D eigenvalue weighted by Gasteiger charge is -2.27. The highest BCUT2D eigenvalue weighted by Gasteiger charge is 2.21. The van der Waals surface area contributed by atoms with Crippen molar-refractivity contribution in [3.8, 4) is 0 Å². The third-order valence-corrected chi connectivity index (χ3v) is 4.31. The van der Waals surface area contributed by atoms with Crippen LogP contribution in [0.2, 0.25) is 0 Å². The summed E-state index contributed by atoms with van der Waals surface area (Å²) in [6.45, 7) is 8.56. The van der Waals surface area contributed by atoms with Gasteiger partial charge in [0.1, 0.15) is 6.54 Å². The number of methoxy groups -OCH3 is 1. The number of rotatable bonds is 9. The van der Waals surface area contributed by atoms with Crippen LogP contribution in [-0.4, -0.2) is 64.2 Å². The van der Waals surface area contributed by atoms with Crippen LogP contribution >= 0.6 is 24.0 Å². The van der Waals surface area contributed by atoms with Crippen LogP contribution in [0.25, 0.3) is 0 Å². The van der Waals surface area contributed by atoms with Gasteiger partial charge in [-0.3, -0.25) is 4.79 Å². The molecular formula is C20H35IN4O2. The van der Waals surface area contributed by atoms with Crippen molar-refractivity contribution in [3.63, 3.8) is 0 Å². The number of amides is 1. The molecule has 0 aliphatic carbocycles. The van der Waals surface area contributed by atoms with Gasteiger partial charge in [-0.1, -0.05) is 45.0 Å². The number of ether oxygens (including phenoxy) is 1. The first-order valence-corrected chi connectivity index (χ1v) is 9.11. The van der Waals surface area contributed by atoms with Gasteiger partial charge in [-0.2, -0.15) is 0 Å². The lowest BCUT2D eigenvalue weighted by molar-refractivity contribution is -0.127. The number of nitrogens with one attached hydrogen (secondary N) is 2. The van der Waals surface area contributed by atoms with Gasteiger partial charge in [-0.05, 0) is 17.5 Å². The molecule has 0 aromatic heterocycles. The van der Waals surface area contributed by atoms with Gasteiger partial charge in [-0.15, -0.1) is 24.0 Å². The zero-order valence-electron chi connectivity index (χ0n) is 17.5. The smallest absolute Gasteiger partial charge is 0.243 e. The fourth-order valence-electron chi connectivity index (χ4n) is 2.33. The van der Waals surface area contributed by atoms with Crippen molar-refractivity contribution in [3.05, 3.63) is 35.4 Å². The van der Waals surface area contributed by atoms with Crippen molar-refractivity contribution < 1.29 is 9.53 Å². The molecule has 0 bridgehead atoms. The quantitative estimate of drug-likeness (QED) is 0.242. The Balaban J connectivity index is 0.00000676. The van der Waals surface area contributed by atoms with Crippen molar-refractivity contribution in [2.45, 2.75) is 32.6 Å². The Hall–Kier alpha value is -1.35. The van der Waals surface area contributed by atoms with E-state index in [4.69, 9.17) is 4.74 Å². The summed E-state index contributed by atoms with van der Waals surface area (Å²) >= 11 is 0. The van der Waals surface area contributed by atoms with Crippen molar-refractivity contribution >= 4 is 35.8 Å². The monoisotopic (exact) mass is 490 g/mol. The van der Waals surface area contributed by atoms with E-state index in [1.54, 1.807) is 21.2 Å². The maximum Gasteiger partial charge on any atom is 0.243 e. The number of likely N-dealkylation sites (N-methyl/N-ethyl adjacent to an activating group) is 1. The van der Waals surface area contributed by atoms with Crippen LogP contribution in [0.3, 0.4) is 0 Å². The van der Waals surface area contributed by atoms with E-state index in [9.17, 15) is 4.79 Å². The highest BCUT2D eigenvalue weighted by atomic mass is 127. The molecule has 154 valence electrons. The summed E-state index contributed by atoms with van der Waals surface area (Å²) < 4.78 is 5.07. The molecule has 0 unspecified atom stereocenters. The highest BCUT2D eigenvalue weighted by molar-refractivity contribution is 14.0. The SMILES string of the molecule is CCc1ccc(C(C)(C)CNC(=NCC(=O)N(C)C)NCCOC)cc1.I. The van der Waals surface area contributed by atoms with Crippen LogP contribution in [0, 0.1) is 0 Å². The topological polar surface area (TPSA) is 66.0 Å². The van der Waals surface area contributed by atoms with E-state index in [1.165, 1.54) is 16.0 Å². The Morgan fingerprint density at radius 3 is 2.33 bits per heavy atom. The lowest BCUT2D eigenvalue weighted by atomic mass is 9.84. The number of carbonyl (C=O) groups excluding carboxylic acids is 1. The molecule has 1 amide bonds. The molecule has 27 heavy (non-hydrogen) atoms. The molecule has 0 aliphatic heterocycles. The molecule has 0 fully saturated rings. The Morgan fingerprint density at radius 1 is 1.19 bits per heavy atom. The maximum atomic E-state index is 11.8. The van der Waals surface area contributed by atoms with Gasteiger partial charge >= 0.3 is 0 Å². The molecule has 0 saturated heterocycles. The molecule has 0 atom stereocenters. The standard InChI is InChI=1S/C20H34N4O2.HI/c1-7-16-8-10-17(11-9-16)20(2,3)15-23-19(21-12-13-26-6)22-14-18(25)24(4)5;/h8-11H,7,12-15H2,1-6H3,(H2,21,22,23);1H. The first kappa shape index (κ1) is 25.6. The normalized spacial score (nSPS) is 11.6. The van der Waals surface area contributed by atoms with E-state index in [2.05, 4.69) is 60.7 Å². The third kappa shape index (κ3) is 9.41. The van der Waals surface area contributed by atoms with Gasteiger partial charge in [0.2, 0.25) is 5.91 Å². The van der Waals surface area contributed by atoms with Gasteiger partial charge in [0.15, 0.2) is 5.96 Å². The number of benzene rings is 1. The van der Waals surface area contributed by atoms with Gasteiger partial charge in [0, 0.05) is 39.7 Å². The van der Waals surface area contributed by atoms with Crippen molar-refractivity contribution in [2.24, 2.45) is 4.99 Å². The van der Waals surface area contributed by atoms with Crippen LogP contribution < -0.4 is 10.6 Å². The Bertz CT molecular complexity index is 586. The lowest BCUT2D eigenvalue weighted by Crippen LogP contribution is -2.45. The number of carbonyl (C=O) groups is 1. The van der Waals surface area contributed by atoms with E-state index in [0.29, 0.717) is 25.7 Å². The summed E-state index contributed by atoms with van der Waals surface area (Å²) in [6.07, 6.45) is 1.04. The van der Waals surface area contributed by atoms with Gasteiger partial charge < -0.3 is 20.3 Å². The van der Waals surface area contributed by atoms with E-state index in [1.807, 2.05) is 0 Å². The number of hydrogen-bond donors (Lipinski definition) is 2. The average Bonchev–Trinajstić information content (AvgIpc) is 2.63. The van der Waals surface area contributed by atoms with Crippen LogP contribution in [-0.2, 0) is 21.4 Å². The van der Waals surface area contributed by atoms with E-state index < -0.39 is 0 Å². The minimum atomic E-state index is -0.0679. The summed E-state index contributed by atoms with van der Waals surface area (Å²) in [7, 11) is 5.11. The minimum Gasteiger partial charge on any atom is -0.383 e. The third-order valence-electron chi connectivity index (χ3n) is 4.31. The molecule has 0 radical (unpaired) electrons. The fraction of sp³-hybridized carbons (Fsp3) is 0.600. The first-order valence-electron chi connectivity index (χ1n) is 9.11. The predicted molar refractivity (Wildman–Crippen MR) is 123 cm³/mol. The Kier molecular flexibility index (Phi) is 12.3. The average molecular weight is 490 g/mol. The van der Waals surface area contributed by atoms with Crippen molar-refractivity contribution in [1.29, 1.82) is 0 Å². The van der Waals surface area contributed by atoms with Gasteiger partial charge in [0.05, 0.1) is 6.61 Å². The van der Waals surface area contributed by atoms with Crippen LogP contribution in [0.5, 0.6) is 0 Å². The number of aliphatic imine (C=N–C) groups is 1. The molecule has 2 N–H and O–H groups in total. The summed E-state index contributed by atoms with van der Waals surface area (Å²) in [5, 5.41) is 6.55. The second-order valence-corrected chi connectivity index (χ2v) is 7.16. The second kappa shape index (κ2) is 12.9. The van der Waals surface area contributed by atoms with Gasteiger partial charge in [-0.25, -0.2) is 4.99 Å². The Labute approximate surface area is 181 Å². The largest absolute Gasteiger partial charge is 0.383 e. The maximum absolute atomic E-state index is 11.8. The van der Waals surface area contributed by atoms with E-state index >= 15 is 0 Å². The number of aryl methyl sites for hydroxylation is 1. The van der Waals surface area contributed by atoms with Crippen LogP contribution in [0.4, 0.5) is 0 Å². The first-order chi connectivity index (χ1) is 12.3. The van der Waals surface area contributed by atoms with Crippen molar-refractivity contribution in [1.82, 2.24) is 15.5 Å². The summed E-state index contributed by atoms with van der Waals surface area (Å²) in [6, 6.07) is 8.73. The molecule has 0 saturated carbocycles. The molecule has 0 spiro atoms. The molecule has 7 heteroatoms. The van der Waals surface area contributed by atoms with Crippen molar-refractivity contribution in [2.75, 3.05) is 47.4 Å². The second-order valence-electron chi connectivity index (χ2n) is 7.16. The van der Waals surface area contributed by atoms with Gasteiger partial charge in [0.25, 0.3) is 0 Å². The number of nitrogens with zero attached hydrogens (tertiary/aromatic N) is 2. The molecule has 6 nitrogen and oxygen atoms in total. The number of guanidine groups is 1. The molecular weight excluding hydrogens is 455 g/mol. The van der Waals surface area contributed by atoms with E-state index in [-0.39, 0.29) is 41.8 Å². The summed E-state index contributed by atoms with van der Waals surface area (Å²) in [5.41, 5.74) is 2.53. The summed E-state index contributed by atoms with van der Waals surface area (Å²) in [4.78, 5) is 17.7. The fourth-order valence-corrected chi connectivity index (χ4v) is 2.33. The summed E-state index contributed by atoms with van der Waals surface area (Å²) in [5.74, 6) is 0.586. The molecule has 1 aromatic rings. The van der Waals surface area contributed by atoms with E-state index in [0.717, 1.165) is 6.42 Å². The van der Waals surface area contributed by atoms with Crippen LogP contribution in [0.15, 0.2) is 29.3 Å². The number of halogens is 1. The highest BCUT2D eigenvalue weighted by Crippen LogP contribution is 2.22. The Morgan fingerprint density at radius 2 is 1.81 bits per heavy atom. The molecule has 1 aromatic carbocycles. The predicted octanol–water partition coefficient (Wildman–Crippen LogP) is 2.41. The molecule has 0 aliphatic rings. The minimum absolute atomic E-state index is 0. The zero-order valence-corrected chi connectivity index (χ0v) is 19.8. The molecule has 0 heterocycles. The van der Waals surface area contributed by atoms with Crippen LogP contribution in [0.1, 0.15) is 31.9 Å². The zero-order chi connectivity index (χ0) is 19.6. The number of hydrogen-bond acceptors (Lipinski definition) is 3. The molecule has 1 rings (SSSR count).